The maximum atomic E-state index is 12.6. The maximum Gasteiger partial charge on any atom is 0.0736 e. The van der Waals surface area contributed by atoms with Crippen LogP contribution in [0.5, 0.6) is 0 Å². The van der Waals surface area contributed by atoms with Crippen molar-refractivity contribution in [2.45, 2.75) is 72.5 Å². The quantitative estimate of drug-likeness (QED) is 0.781. The zero-order valence-corrected chi connectivity index (χ0v) is 13.5. The molecule has 3 heteroatoms. The van der Waals surface area contributed by atoms with Crippen LogP contribution in [-0.2, 0) is 4.74 Å². The maximum absolute atomic E-state index is 12.6. The summed E-state index contributed by atoms with van der Waals surface area (Å²) in [6.45, 7) is 14.1. The van der Waals surface area contributed by atoms with Crippen LogP contribution >= 0.6 is 0 Å². The van der Waals surface area contributed by atoms with E-state index in [1.807, 2.05) is 27.7 Å². The molecular formula is C16H29O3-. The minimum atomic E-state index is -0.808. The molecule has 0 aromatic heterocycles. The minimum Gasteiger partial charge on any atom is -0.874 e. The molecule has 0 heterocycles. The van der Waals surface area contributed by atoms with Crippen LogP contribution in [0.3, 0.4) is 0 Å². The van der Waals surface area contributed by atoms with Gasteiger partial charge < -0.3 is 14.9 Å². The first kappa shape index (κ1) is 16.5. The van der Waals surface area contributed by atoms with Gasteiger partial charge in [0.15, 0.2) is 0 Å². The first-order valence-electron chi connectivity index (χ1n) is 7.19. The number of rotatable bonds is 5. The molecule has 0 bridgehead atoms. The molecule has 0 spiro atoms. The summed E-state index contributed by atoms with van der Waals surface area (Å²) in [7, 11) is 0. The van der Waals surface area contributed by atoms with Crippen LogP contribution in [0, 0.1) is 11.3 Å². The van der Waals surface area contributed by atoms with Gasteiger partial charge >= 0.3 is 0 Å². The van der Waals surface area contributed by atoms with Gasteiger partial charge in [-0.05, 0) is 39.0 Å². The molecule has 19 heavy (non-hydrogen) atoms. The van der Waals surface area contributed by atoms with E-state index in [2.05, 4.69) is 20.8 Å². The van der Waals surface area contributed by atoms with Crippen molar-refractivity contribution >= 4 is 0 Å². The van der Waals surface area contributed by atoms with Gasteiger partial charge in [0.05, 0.1) is 17.8 Å². The Labute approximate surface area is 117 Å². The van der Waals surface area contributed by atoms with Crippen molar-refractivity contribution in [1.82, 2.24) is 0 Å². The molecule has 1 N–H and O–H groups in total. The van der Waals surface area contributed by atoms with Gasteiger partial charge in [0, 0.05) is 5.92 Å². The summed E-state index contributed by atoms with van der Waals surface area (Å²) in [6, 6.07) is 0. The smallest absolute Gasteiger partial charge is 0.0736 e. The Hall–Kier alpha value is -0.540. The van der Waals surface area contributed by atoms with Crippen LogP contribution in [0.1, 0.15) is 61.3 Å². The van der Waals surface area contributed by atoms with Crippen LogP contribution in [0.25, 0.3) is 0 Å². The Morgan fingerprint density at radius 3 is 2.11 bits per heavy atom. The number of hydrogen-bond donors (Lipinski definition) is 1. The van der Waals surface area contributed by atoms with E-state index >= 15 is 0 Å². The average Bonchev–Trinajstić information content (AvgIpc) is 2.82. The molecule has 1 fully saturated rings. The third-order valence-electron chi connectivity index (χ3n) is 4.10. The molecule has 1 rings (SSSR count). The summed E-state index contributed by atoms with van der Waals surface area (Å²) < 4.78 is 5.80. The summed E-state index contributed by atoms with van der Waals surface area (Å²) in [4.78, 5) is 0. The first-order valence-corrected chi connectivity index (χ1v) is 7.19. The number of hydrogen-bond acceptors (Lipinski definition) is 3. The van der Waals surface area contributed by atoms with Gasteiger partial charge in [0.25, 0.3) is 0 Å². The van der Waals surface area contributed by atoms with Crippen LogP contribution in [0.2, 0.25) is 0 Å². The molecule has 0 aromatic rings. The standard InChI is InChI=1S/C16H30O3/c1-8-12(14(2,3)4)13(17)15(5,6)19-10-11-9-16(11,7)18/h11,17-18H,8-10H2,1-7H3/p-1. The SMILES string of the molecule is CCC(=C([O-])C(C)(C)OCC1CC1(C)O)C(C)(C)C. The van der Waals surface area contributed by atoms with E-state index in [-0.39, 0.29) is 17.1 Å². The molecule has 3 nitrogen and oxygen atoms in total. The van der Waals surface area contributed by atoms with Gasteiger partial charge in [-0.2, -0.15) is 0 Å². The molecular weight excluding hydrogens is 240 g/mol. The van der Waals surface area contributed by atoms with Gasteiger partial charge in [0.1, 0.15) is 0 Å². The van der Waals surface area contributed by atoms with Crippen LogP contribution in [0.15, 0.2) is 11.3 Å². The Morgan fingerprint density at radius 1 is 1.32 bits per heavy atom. The molecule has 0 saturated heterocycles. The highest BCUT2D eigenvalue weighted by Gasteiger charge is 2.49. The van der Waals surface area contributed by atoms with E-state index in [0.717, 1.165) is 18.4 Å². The highest BCUT2D eigenvalue weighted by Crippen LogP contribution is 2.44. The summed E-state index contributed by atoms with van der Waals surface area (Å²) in [5.74, 6) is 0.252. The van der Waals surface area contributed by atoms with E-state index in [9.17, 15) is 10.2 Å². The van der Waals surface area contributed by atoms with E-state index < -0.39 is 11.2 Å². The van der Waals surface area contributed by atoms with Crippen molar-refractivity contribution in [3.8, 4) is 0 Å². The van der Waals surface area contributed by atoms with Crippen molar-refractivity contribution in [3.05, 3.63) is 11.3 Å². The second kappa shape index (κ2) is 5.10. The Kier molecular flexibility index (Phi) is 4.43. The molecule has 0 aliphatic heterocycles. The summed E-state index contributed by atoms with van der Waals surface area (Å²) in [5, 5.41) is 22.4. The van der Waals surface area contributed by atoms with Crippen LogP contribution in [-0.4, -0.2) is 22.9 Å². The summed E-state index contributed by atoms with van der Waals surface area (Å²) in [5.41, 5.74) is -0.616. The summed E-state index contributed by atoms with van der Waals surface area (Å²) >= 11 is 0. The molecule has 2 atom stereocenters. The average molecular weight is 269 g/mol. The predicted molar refractivity (Wildman–Crippen MR) is 75.5 cm³/mol. The second-order valence-electron chi connectivity index (χ2n) is 7.49. The lowest BCUT2D eigenvalue weighted by molar-refractivity contribution is -0.337. The molecule has 0 radical (unpaired) electrons. The Bertz CT molecular complexity index is 359. The third-order valence-corrected chi connectivity index (χ3v) is 4.10. The lowest BCUT2D eigenvalue weighted by Crippen LogP contribution is -2.38. The fourth-order valence-electron chi connectivity index (χ4n) is 2.45. The molecule has 0 aromatic carbocycles. The molecule has 1 aliphatic rings. The Morgan fingerprint density at radius 2 is 1.79 bits per heavy atom. The van der Waals surface area contributed by atoms with Crippen molar-refractivity contribution in [2.75, 3.05) is 6.61 Å². The zero-order chi connectivity index (χ0) is 15.1. The van der Waals surface area contributed by atoms with E-state index in [4.69, 9.17) is 4.74 Å². The van der Waals surface area contributed by atoms with Crippen molar-refractivity contribution in [1.29, 1.82) is 0 Å². The lowest BCUT2D eigenvalue weighted by atomic mass is 9.81. The highest BCUT2D eigenvalue weighted by molar-refractivity contribution is 5.20. The van der Waals surface area contributed by atoms with E-state index in [1.165, 1.54) is 0 Å². The van der Waals surface area contributed by atoms with E-state index in [0.29, 0.717) is 6.61 Å². The molecule has 2 unspecified atom stereocenters. The minimum absolute atomic E-state index is 0.0859. The monoisotopic (exact) mass is 269 g/mol. The fraction of sp³-hybridized carbons (Fsp3) is 0.875. The first-order chi connectivity index (χ1) is 8.42. The number of allylic oxidation sites excluding steroid dienone is 1. The number of ether oxygens (including phenoxy) is 1. The van der Waals surface area contributed by atoms with Gasteiger partial charge in [-0.1, -0.05) is 33.3 Å². The second-order valence-corrected chi connectivity index (χ2v) is 7.49. The predicted octanol–water partition coefficient (Wildman–Crippen LogP) is 2.62. The molecule has 1 aliphatic carbocycles. The van der Waals surface area contributed by atoms with Gasteiger partial charge in [-0.15, -0.1) is 5.76 Å². The summed E-state index contributed by atoms with van der Waals surface area (Å²) in [6.07, 6.45) is 1.51. The molecule has 1 saturated carbocycles. The fourth-order valence-corrected chi connectivity index (χ4v) is 2.45. The molecule has 0 amide bonds. The highest BCUT2D eigenvalue weighted by atomic mass is 16.5. The van der Waals surface area contributed by atoms with Crippen LogP contribution in [0.4, 0.5) is 0 Å². The van der Waals surface area contributed by atoms with Crippen molar-refractivity contribution in [2.24, 2.45) is 11.3 Å². The van der Waals surface area contributed by atoms with Crippen LogP contribution < -0.4 is 5.11 Å². The molecule has 112 valence electrons. The number of aliphatic hydroxyl groups is 1. The zero-order valence-electron chi connectivity index (χ0n) is 13.5. The van der Waals surface area contributed by atoms with Gasteiger partial charge in [-0.25, -0.2) is 0 Å². The van der Waals surface area contributed by atoms with E-state index in [1.54, 1.807) is 0 Å². The van der Waals surface area contributed by atoms with Crippen molar-refractivity contribution < 1.29 is 14.9 Å². The van der Waals surface area contributed by atoms with Gasteiger partial charge in [-0.3, -0.25) is 0 Å². The topological polar surface area (TPSA) is 52.5 Å². The van der Waals surface area contributed by atoms with Gasteiger partial charge in [0.2, 0.25) is 0 Å². The third kappa shape index (κ3) is 3.96. The largest absolute Gasteiger partial charge is 0.874 e. The normalized spacial score (nSPS) is 29.2. The lowest BCUT2D eigenvalue weighted by Gasteiger charge is -2.39. The Balaban J connectivity index is 2.77. The van der Waals surface area contributed by atoms with Crippen molar-refractivity contribution in [3.63, 3.8) is 0 Å².